The molecule has 0 saturated heterocycles. The van der Waals surface area contributed by atoms with Crippen LogP contribution in [0.15, 0.2) is 12.2 Å². The third-order valence-corrected chi connectivity index (χ3v) is 2.75. The van der Waals surface area contributed by atoms with Crippen LogP contribution in [0, 0.1) is 12.8 Å². The number of allylic oxidation sites excluding steroid dienone is 2. The van der Waals surface area contributed by atoms with E-state index in [4.69, 9.17) is 0 Å². The van der Waals surface area contributed by atoms with Gasteiger partial charge in [0.05, 0.1) is 0 Å². The number of unbranched alkanes of at least 4 members (excludes halogenated alkanes) is 1. The molecule has 0 amide bonds. The Hall–Kier alpha value is -0.260. The van der Waals surface area contributed by atoms with Crippen molar-refractivity contribution in [1.82, 2.24) is 0 Å². The van der Waals surface area contributed by atoms with Crippen molar-refractivity contribution >= 4 is 0 Å². The van der Waals surface area contributed by atoms with Crippen LogP contribution >= 0.6 is 0 Å². The highest BCUT2D eigenvalue weighted by Gasteiger charge is 2.07. The molecule has 1 aliphatic rings. The smallest absolute Gasteiger partial charge is 0.0348 e. The third-order valence-electron chi connectivity index (χ3n) is 2.75. The SMILES string of the molecule is [CH2]CCCC1CC/C=C\CCC1. The van der Waals surface area contributed by atoms with Crippen LogP contribution in [-0.4, -0.2) is 0 Å². The van der Waals surface area contributed by atoms with Gasteiger partial charge in [0.2, 0.25) is 0 Å². The van der Waals surface area contributed by atoms with Crippen LogP contribution in [0.4, 0.5) is 0 Å². The van der Waals surface area contributed by atoms with Gasteiger partial charge in [0.15, 0.2) is 0 Å². The van der Waals surface area contributed by atoms with Crippen molar-refractivity contribution in [2.24, 2.45) is 5.92 Å². The van der Waals surface area contributed by atoms with E-state index in [0.717, 1.165) is 12.3 Å². The second-order valence-electron chi connectivity index (χ2n) is 3.84. The maximum Gasteiger partial charge on any atom is -0.0348 e. The van der Waals surface area contributed by atoms with Crippen molar-refractivity contribution in [3.05, 3.63) is 19.1 Å². The first-order chi connectivity index (χ1) is 5.93. The van der Waals surface area contributed by atoms with E-state index in [1.165, 1.54) is 44.9 Å². The molecule has 0 bridgehead atoms. The molecule has 0 fully saturated rings. The second-order valence-corrected chi connectivity index (χ2v) is 3.84. The average molecular weight is 165 g/mol. The number of hydrogen-bond donors (Lipinski definition) is 0. The maximum absolute atomic E-state index is 3.90. The molecule has 1 rings (SSSR count). The average Bonchev–Trinajstić information content (AvgIpc) is 2.02. The predicted molar refractivity (Wildman–Crippen MR) is 54.9 cm³/mol. The van der Waals surface area contributed by atoms with E-state index in [1.807, 2.05) is 0 Å². The molecule has 0 nitrogen and oxygen atoms in total. The highest BCUT2D eigenvalue weighted by molar-refractivity contribution is 4.84. The van der Waals surface area contributed by atoms with Gasteiger partial charge in [-0.15, -0.1) is 0 Å². The van der Waals surface area contributed by atoms with Gasteiger partial charge in [0, 0.05) is 0 Å². The second kappa shape index (κ2) is 6.28. The Morgan fingerprint density at radius 1 is 1.17 bits per heavy atom. The molecule has 69 valence electrons. The van der Waals surface area contributed by atoms with Crippen LogP contribution in [0.1, 0.15) is 51.4 Å². The van der Waals surface area contributed by atoms with E-state index in [-0.39, 0.29) is 0 Å². The van der Waals surface area contributed by atoms with E-state index in [1.54, 1.807) is 0 Å². The molecule has 0 N–H and O–H groups in total. The Labute approximate surface area is 77.1 Å². The van der Waals surface area contributed by atoms with E-state index in [2.05, 4.69) is 19.1 Å². The predicted octanol–water partition coefficient (Wildman–Crippen LogP) is 4.13. The molecule has 0 spiro atoms. The zero-order valence-corrected chi connectivity index (χ0v) is 8.10. The van der Waals surface area contributed by atoms with E-state index in [0.29, 0.717) is 0 Å². The largest absolute Gasteiger partial charge is 0.0885 e. The Kier molecular flexibility index (Phi) is 5.14. The van der Waals surface area contributed by atoms with Crippen LogP contribution in [-0.2, 0) is 0 Å². The fourth-order valence-corrected chi connectivity index (χ4v) is 1.96. The van der Waals surface area contributed by atoms with Gasteiger partial charge in [-0.25, -0.2) is 0 Å². The summed E-state index contributed by atoms with van der Waals surface area (Å²) in [4.78, 5) is 0. The van der Waals surface area contributed by atoms with E-state index in [9.17, 15) is 0 Å². The van der Waals surface area contributed by atoms with E-state index < -0.39 is 0 Å². The normalized spacial score (nSPS) is 27.6. The van der Waals surface area contributed by atoms with Gasteiger partial charge in [-0.1, -0.05) is 44.8 Å². The summed E-state index contributed by atoms with van der Waals surface area (Å²) in [5, 5.41) is 0. The molecule has 0 heteroatoms. The number of hydrogen-bond acceptors (Lipinski definition) is 0. The Morgan fingerprint density at radius 2 is 2.00 bits per heavy atom. The van der Waals surface area contributed by atoms with Crippen molar-refractivity contribution < 1.29 is 0 Å². The Balaban J connectivity index is 2.18. The molecule has 0 aliphatic heterocycles. The third kappa shape index (κ3) is 3.94. The highest BCUT2D eigenvalue weighted by Crippen LogP contribution is 2.23. The highest BCUT2D eigenvalue weighted by atomic mass is 14.1. The molecule has 1 atom stereocenters. The first kappa shape index (κ1) is 9.83. The van der Waals surface area contributed by atoms with Crippen molar-refractivity contribution in [3.63, 3.8) is 0 Å². The van der Waals surface area contributed by atoms with Gasteiger partial charge in [-0.2, -0.15) is 0 Å². The zero-order valence-electron chi connectivity index (χ0n) is 8.10. The van der Waals surface area contributed by atoms with Crippen molar-refractivity contribution in [3.8, 4) is 0 Å². The molecule has 0 aromatic heterocycles. The van der Waals surface area contributed by atoms with Crippen molar-refractivity contribution in [1.29, 1.82) is 0 Å². The Morgan fingerprint density at radius 3 is 2.83 bits per heavy atom. The van der Waals surface area contributed by atoms with Gasteiger partial charge in [0.1, 0.15) is 0 Å². The lowest BCUT2D eigenvalue weighted by Gasteiger charge is -2.16. The summed E-state index contributed by atoms with van der Waals surface area (Å²) in [7, 11) is 0. The lowest BCUT2D eigenvalue weighted by Crippen LogP contribution is -2.01. The molecule has 0 aromatic carbocycles. The molecule has 1 radical (unpaired) electrons. The lowest BCUT2D eigenvalue weighted by atomic mass is 9.90. The summed E-state index contributed by atoms with van der Waals surface area (Å²) in [6.07, 6.45) is 15.4. The zero-order chi connectivity index (χ0) is 8.65. The first-order valence-corrected chi connectivity index (χ1v) is 5.37. The topological polar surface area (TPSA) is 0 Å². The minimum Gasteiger partial charge on any atom is -0.0885 e. The standard InChI is InChI=1S/C12H21/c1-2-3-9-12-10-7-5-4-6-8-11-12/h4-5,12H,1-3,6-11H2/b5-4-. The van der Waals surface area contributed by atoms with Gasteiger partial charge in [-0.05, 0) is 31.6 Å². The summed E-state index contributed by atoms with van der Waals surface area (Å²) in [6, 6.07) is 0. The first-order valence-electron chi connectivity index (χ1n) is 5.37. The van der Waals surface area contributed by atoms with Gasteiger partial charge >= 0.3 is 0 Å². The van der Waals surface area contributed by atoms with Crippen LogP contribution < -0.4 is 0 Å². The van der Waals surface area contributed by atoms with Crippen LogP contribution in [0.2, 0.25) is 0 Å². The molecule has 12 heavy (non-hydrogen) atoms. The fraction of sp³-hybridized carbons (Fsp3) is 0.750. The Bertz CT molecular complexity index is 124. The van der Waals surface area contributed by atoms with Gasteiger partial charge in [-0.3, -0.25) is 0 Å². The van der Waals surface area contributed by atoms with Gasteiger partial charge in [0.25, 0.3) is 0 Å². The van der Waals surface area contributed by atoms with Gasteiger partial charge < -0.3 is 0 Å². The minimum absolute atomic E-state index is 0.997. The summed E-state index contributed by atoms with van der Waals surface area (Å²) in [5.74, 6) is 0.997. The van der Waals surface area contributed by atoms with E-state index >= 15 is 0 Å². The van der Waals surface area contributed by atoms with Crippen molar-refractivity contribution in [2.75, 3.05) is 0 Å². The fourth-order valence-electron chi connectivity index (χ4n) is 1.96. The lowest BCUT2D eigenvalue weighted by molar-refractivity contribution is 0.397. The maximum atomic E-state index is 3.90. The minimum atomic E-state index is 0.997. The molecule has 1 aliphatic carbocycles. The summed E-state index contributed by atoms with van der Waals surface area (Å²) < 4.78 is 0. The summed E-state index contributed by atoms with van der Waals surface area (Å²) in [6.45, 7) is 3.90. The van der Waals surface area contributed by atoms with Crippen LogP contribution in [0.5, 0.6) is 0 Å². The molecule has 0 heterocycles. The monoisotopic (exact) mass is 165 g/mol. The van der Waals surface area contributed by atoms with Crippen LogP contribution in [0.25, 0.3) is 0 Å². The van der Waals surface area contributed by atoms with Crippen LogP contribution in [0.3, 0.4) is 0 Å². The number of rotatable bonds is 3. The molecule has 0 aromatic rings. The quantitative estimate of drug-likeness (QED) is 0.552. The summed E-state index contributed by atoms with van der Waals surface area (Å²) in [5.41, 5.74) is 0. The molecule has 0 saturated carbocycles. The molecule has 1 unspecified atom stereocenters. The molecular weight excluding hydrogens is 144 g/mol. The molecular formula is C12H21. The van der Waals surface area contributed by atoms with Crippen molar-refractivity contribution in [2.45, 2.75) is 51.4 Å². The summed E-state index contributed by atoms with van der Waals surface area (Å²) >= 11 is 0.